The maximum Gasteiger partial charge on any atom is 0.303 e. The van der Waals surface area contributed by atoms with Crippen LogP contribution in [0.2, 0.25) is 0 Å². The van der Waals surface area contributed by atoms with Crippen LogP contribution < -0.4 is 9.47 Å². The minimum absolute atomic E-state index is 0.0389. The van der Waals surface area contributed by atoms with Gasteiger partial charge in [-0.2, -0.15) is 9.97 Å². The van der Waals surface area contributed by atoms with E-state index in [9.17, 15) is 14.7 Å². The molecule has 4 aromatic rings. The van der Waals surface area contributed by atoms with Gasteiger partial charge in [0.15, 0.2) is 23.0 Å². The average Bonchev–Trinajstić information content (AvgIpc) is 3.63. The maximum absolute atomic E-state index is 10.5. The molecule has 14 heteroatoms. The Hall–Kier alpha value is -5.14. The number of aryl methyl sites for hydroxylation is 2. The molecule has 0 spiro atoms. The van der Waals surface area contributed by atoms with Crippen molar-refractivity contribution in [1.82, 2.24) is 20.3 Å². The van der Waals surface area contributed by atoms with Crippen molar-refractivity contribution < 1.29 is 48.5 Å². The molecule has 0 bridgehead atoms. The lowest BCUT2D eigenvalue weighted by Crippen LogP contribution is -1.97. The molecular weight excluding hydrogens is 492 g/mol. The number of aliphatic carboxylic acids is 2. The first-order valence-corrected chi connectivity index (χ1v) is 10.8. The highest BCUT2D eigenvalue weighted by Crippen LogP contribution is 2.35. The number of phenolic OH excluding ortho intramolecular Hbond substituents is 2. The van der Waals surface area contributed by atoms with Crippen LogP contribution in [0.4, 0.5) is 0 Å². The van der Waals surface area contributed by atoms with Crippen LogP contribution in [-0.2, 0) is 22.4 Å². The molecular formula is C23H20N4O10. The molecule has 0 aliphatic carbocycles. The molecule has 0 unspecified atom stereocenters. The van der Waals surface area contributed by atoms with E-state index in [4.69, 9.17) is 33.8 Å². The number of fused-ring (bicyclic) bond motifs is 1. The van der Waals surface area contributed by atoms with Crippen molar-refractivity contribution in [3.63, 3.8) is 0 Å². The van der Waals surface area contributed by atoms with Gasteiger partial charge in [0.2, 0.25) is 30.2 Å². The van der Waals surface area contributed by atoms with Crippen LogP contribution in [0, 0.1) is 0 Å². The van der Waals surface area contributed by atoms with E-state index in [1.807, 2.05) is 0 Å². The molecule has 4 N–H and O–H groups in total. The van der Waals surface area contributed by atoms with Crippen molar-refractivity contribution in [2.24, 2.45) is 0 Å². The van der Waals surface area contributed by atoms with Crippen molar-refractivity contribution in [3.8, 4) is 45.8 Å². The van der Waals surface area contributed by atoms with Crippen molar-refractivity contribution in [2.45, 2.75) is 25.7 Å². The van der Waals surface area contributed by atoms with Gasteiger partial charge >= 0.3 is 11.9 Å². The quantitative estimate of drug-likeness (QED) is 0.250. The number of aromatic hydroxyl groups is 2. The SMILES string of the molecule is O=C(O)CCc1nc(-c2ccc(O)c(O)c2)no1.O=C(O)CCc1nc(-c2ccc3c(c2)OCO3)no1. The molecule has 37 heavy (non-hydrogen) atoms. The summed E-state index contributed by atoms with van der Waals surface area (Å²) in [7, 11) is 0. The lowest BCUT2D eigenvalue weighted by molar-refractivity contribution is -0.138. The van der Waals surface area contributed by atoms with Crippen LogP contribution in [0.5, 0.6) is 23.0 Å². The molecule has 1 aliphatic heterocycles. The second kappa shape index (κ2) is 11.1. The van der Waals surface area contributed by atoms with E-state index in [-0.39, 0.29) is 55.7 Å². The summed E-state index contributed by atoms with van der Waals surface area (Å²) >= 11 is 0. The number of carbonyl (C=O) groups is 2. The number of nitrogens with zero attached hydrogens (tertiary/aromatic N) is 4. The molecule has 3 heterocycles. The van der Waals surface area contributed by atoms with E-state index >= 15 is 0 Å². The zero-order chi connectivity index (χ0) is 26.4. The summed E-state index contributed by atoms with van der Waals surface area (Å²) in [5.74, 6) is 0.0738. The number of hydrogen-bond donors (Lipinski definition) is 4. The zero-order valence-corrected chi connectivity index (χ0v) is 19.0. The lowest BCUT2D eigenvalue weighted by atomic mass is 10.2. The van der Waals surface area contributed by atoms with Gasteiger partial charge in [0.1, 0.15) is 0 Å². The molecule has 192 valence electrons. The minimum Gasteiger partial charge on any atom is -0.504 e. The van der Waals surface area contributed by atoms with Gasteiger partial charge in [-0.05, 0) is 36.4 Å². The third-order valence-electron chi connectivity index (χ3n) is 4.91. The van der Waals surface area contributed by atoms with E-state index in [0.29, 0.717) is 28.8 Å². The summed E-state index contributed by atoms with van der Waals surface area (Å²) in [6.07, 6.45) is 0.227. The van der Waals surface area contributed by atoms with Gasteiger partial charge in [-0.1, -0.05) is 10.3 Å². The molecule has 5 rings (SSSR count). The number of rotatable bonds is 8. The Morgan fingerprint density at radius 1 is 0.730 bits per heavy atom. The third-order valence-corrected chi connectivity index (χ3v) is 4.91. The Labute approximate surface area is 207 Å². The fraction of sp³-hybridized carbons (Fsp3) is 0.217. The van der Waals surface area contributed by atoms with E-state index in [2.05, 4.69) is 20.3 Å². The summed E-state index contributed by atoms with van der Waals surface area (Å²) in [6.45, 7) is 0.203. The van der Waals surface area contributed by atoms with Crippen LogP contribution >= 0.6 is 0 Å². The smallest absolute Gasteiger partial charge is 0.303 e. The average molecular weight is 512 g/mol. The van der Waals surface area contributed by atoms with E-state index in [0.717, 1.165) is 5.56 Å². The number of carboxylic acids is 2. The van der Waals surface area contributed by atoms with Gasteiger partial charge in [-0.15, -0.1) is 0 Å². The number of hydrogen-bond acceptors (Lipinski definition) is 12. The molecule has 14 nitrogen and oxygen atoms in total. The van der Waals surface area contributed by atoms with Crippen LogP contribution in [0.15, 0.2) is 45.4 Å². The Morgan fingerprint density at radius 2 is 1.27 bits per heavy atom. The lowest BCUT2D eigenvalue weighted by Gasteiger charge is -1.98. The van der Waals surface area contributed by atoms with Crippen LogP contribution in [0.3, 0.4) is 0 Å². The molecule has 0 atom stereocenters. The molecule has 0 saturated heterocycles. The first kappa shape index (κ1) is 25.0. The topological polar surface area (TPSA) is 211 Å². The second-order valence-electron chi connectivity index (χ2n) is 7.58. The highest BCUT2D eigenvalue weighted by molar-refractivity contribution is 5.67. The standard InChI is InChI=1S/C12H10N2O5.C11H10N2O5/c15-11(16)4-3-10-13-12(14-19-10)7-1-2-8-9(5-7)18-6-17-8;14-7-2-1-6(5-8(7)15)11-12-9(18-13-11)3-4-10(16)17/h1-2,5H,3-4,6H2,(H,15,16);1-2,5,14-15H,3-4H2,(H,16,17). The highest BCUT2D eigenvalue weighted by Gasteiger charge is 2.17. The zero-order valence-electron chi connectivity index (χ0n) is 19.0. The Kier molecular flexibility index (Phi) is 7.47. The molecule has 0 amide bonds. The monoisotopic (exact) mass is 512 g/mol. The van der Waals surface area contributed by atoms with Gasteiger partial charge in [0.05, 0.1) is 12.8 Å². The predicted molar refractivity (Wildman–Crippen MR) is 121 cm³/mol. The van der Waals surface area contributed by atoms with Crippen molar-refractivity contribution >= 4 is 11.9 Å². The fourth-order valence-corrected chi connectivity index (χ4v) is 3.07. The largest absolute Gasteiger partial charge is 0.504 e. The summed E-state index contributed by atoms with van der Waals surface area (Å²) in [5, 5.41) is 43.1. The normalized spacial score (nSPS) is 11.6. The molecule has 0 radical (unpaired) electrons. The van der Waals surface area contributed by atoms with E-state index < -0.39 is 11.9 Å². The van der Waals surface area contributed by atoms with Gasteiger partial charge in [0.25, 0.3) is 0 Å². The summed E-state index contributed by atoms with van der Waals surface area (Å²) in [4.78, 5) is 29.0. The van der Waals surface area contributed by atoms with Gasteiger partial charge in [0, 0.05) is 24.0 Å². The van der Waals surface area contributed by atoms with Gasteiger partial charge in [-0.3, -0.25) is 9.59 Å². The van der Waals surface area contributed by atoms with Crippen molar-refractivity contribution in [1.29, 1.82) is 0 Å². The Bertz CT molecular complexity index is 1410. The van der Waals surface area contributed by atoms with Crippen molar-refractivity contribution in [2.75, 3.05) is 6.79 Å². The molecule has 2 aromatic carbocycles. The Balaban J connectivity index is 0.000000173. The van der Waals surface area contributed by atoms with Crippen LogP contribution in [0.1, 0.15) is 24.6 Å². The maximum atomic E-state index is 10.5. The van der Waals surface area contributed by atoms with E-state index in [1.54, 1.807) is 18.2 Å². The molecule has 0 saturated carbocycles. The van der Waals surface area contributed by atoms with Crippen LogP contribution in [0.25, 0.3) is 22.8 Å². The summed E-state index contributed by atoms with van der Waals surface area (Å²) in [6, 6.07) is 9.43. The Morgan fingerprint density at radius 3 is 1.84 bits per heavy atom. The predicted octanol–water partition coefficient (Wildman–Crippen LogP) is 2.65. The number of ether oxygens (including phenoxy) is 2. The minimum atomic E-state index is -0.947. The van der Waals surface area contributed by atoms with Crippen molar-refractivity contribution in [3.05, 3.63) is 48.2 Å². The third kappa shape index (κ3) is 6.50. The fourth-order valence-electron chi connectivity index (χ4n) is 3.07. The first-order chi connectivity index (χ1) is 17.8. The van der Waals surface area contributed by atoms with E-state index in [1.165, 1.54) is 18.2 Å². The number of phenols is 2. The second-order valence-corrected chi connectivity index (χ2v) is 7.58. The van der Waals surface area contributed by atoms with Crippen LogP contribution in [-0.4, -0.2) is 59.4 Å². The van der Waals surface area contributed by atoms with Gasteiger partial charge < -0.3 is 38.9 Å². The number of benzene rings is 2. The number of aromatic nitrogens is 4. The summed E-state index contributed by atoms with van der Waals surface area (Å²) in [5.41, 5.74) is 1.20. The number of carboxylic acid groups (broad SMARTS) is 2. The summed E-state index contributed by atoms with van der Waals surface area (Å²) < 4.78 is 20.3. The first-order valence-electron chi connectivity index (χ1n) is 10.8. The molecule has 0 fully saturated rings. The molecule has 2 aromatic heterocycles. The highest BCUT2D eigenvalue weighted by atomic mass is 16.7. The van der Waals surface area contributed by atoms with Gasteiger partial charge in [-0.25, -0.2) is 0 Å². The molecule has 1 aliphatic rings.